The molecule has 4 rings (SSSR count). The summed E-state index contributed by atoms with van der Waals surface area (Å²) in [4.78, 5) is 11.6. The lowest BCUT2D eigenvalue weighted by Gasteiger charge is -2.42. The molecule has 0 amide bonds. The third kappa shape index (κ3) is 1.18. The first-order valence-electron chi connectivity index (χ1n) is 5.03. The van der Waals surface area contributed by atoms with Crippen molar-refractivity contribution >= 4 is 18.2 Å². The van der Waals surface area contributed by atoms with Gasteiger partial charge in [0.15, 0.2) is 0 Å². The maximum Gasteiger partial charge on any atom is 0.143 e. The average molecular weight is 224 g/mol. The molecule has 1 aliphatic heterocycles. The second-order valence-corrected chi connectivity index (χ2v) is 4.42. The Morgan fingerprint density at radius 2 is 2.00 bits per heavy atom. The van der Waals surface area contributed by atoms with Crippen LogP contribution in [0.15, 0.2) is 36.0 Å². The summed E-state index contributed by atoms with van der Waals surface area (Å²) in [7, 11) is 0. The van der Waals surface area contributed by atoms with Crippen molar-refractivity contribution < 1.29 is 4.79 Å². The molecule has 3 aliphatic carbocycles. The van der Waals surface area contributed by atoms with Crippen molar-refractivity contribution in [2.75, 3.05) is 6.54 Å². The van der Waals surface area contributed by atoms with Gasteiger partial charge in [-0.05, 0) is 18.9 Å². The third-order valence-corrected chi connectivity index (χ3v) is 3.70. The molecule has 2 bridgehead atoms. The quantitative estimate of drug-likeness (QED) is 0.687. The Balaban J connectivity index is 0.000000853. The average Bonchev–Trinajstić information content (AvgIpc) is 2.60. The van der Waals surface area contributed by atoms with Crippen LogP contribution in [0, 0.1) is 5.41 Å². The van der Waals surface area contributed by atoms with Crippen LogP contribution in [0.5, 0.6) is 0 Å². The van der Waals surface area contributed by atoms with Crippen LogP contribution in [-0.2, 0) is 4.79 Å². The molecule has 1 spiro atoms. The van der Waals surface area contributed by atoms with Crippen LogP contribution < -0.4 is 5.32 Å². The topological polar surface area (TPSA) is 29.1 Å². The Bertz CT molecular complexity index is 392. The molecule has 1 N–H and O–H groups in total. The third-order valence-electron chi connectivity index (χ3n) is 3.70. The number of carbonyl (C=O) groups excluding carboxylic acids is 1. The predicted octanol–water partition coefficient (Wildman–Crippen LogP) is 1.78. The molecule has 0 aromatic rings. The number of carbonyl (C=O) groups is 1. The molecule has 0 saturated carbocycles. The molecule has 80 valence electrons. The zero-order valence-electron chi connectivity index (χ0n) is 8.62. The van der Waals surface area contributed by atoms with E-state index in [9.17, 15) is 4.79 Å². The number of rotatable bonds is 1. The van der Waals surface area contributed by atoms with Crippen LogP contribution in [0.25, 0.3) is 0 Å². The first-order valence-corrected chi connectivity index (χ1v) is 5.03. The SMILES string of the molecule is CC(=O)C12C=CC3(C=C1)NCC=C3C2.Cl. The van der Waals surface area contributed by atoms with Crippen molar-refractivity contribution in [1.29, 1.82) is 0 Å². The van der Waals surface area contributed by atoms with Crippen LogP contribution in [0.3, 0.4) is 0 Å². The Labute approximate surface area is 95.5 Å². The summed E-state index contributed by atoms with van der Waals surface area (Å²) in [6.07, 6.45) is 11.5. The standard InChI is InChI=1S/C12H13NO.ClH/c1-9(14)11-3-5-12(6-4-11)10(8-11)2-7-13-12;/h2-6,13H,7-8H2,1H3;1H. The Hall–Kier alpha value is -0.860. The number of halogens is 1. The molecule has 0 unspecified atom stereocenters. The van der Waals surface area contributed by atoms with Gasteiger partial charge in [0.05, 0.1) is 11.0 Å². The van der Waals surface area contributed by atoms with Crippen molar-refractivity contribution in [3.63, 3.8) is 0 Å². The van der Waals surface area contributed by atoms with E-state index < -0.39 is 0 Å². The summed E-state index contributed by atoms with van der Waals surface area (Å²) in [5.41, 5.74) is 0.981. The first-order chi connectivity index (χ1) is 6.67. The number of Topliss-reactive ketones (excluding diaryl/α,β-unsaturated/α-hetero) is 1. The first kappa shape index (κ1) is 10.7. The van der Waals surface area contributed by atoms with Gasteiger partial charge in [-0.2, -0.15) is 0 Å². The highest BCUT2D eigenvalue weighted by Gasteiger charge is 2.47. The zero-order chi connectivity index (χ0) is 9.81. The van der Waals surface area contributed by atoms with Crippen molar-refractivity contribution in [2.45, 2.75) is 18.9 Å². The summed E-state index contributed by atoms with van der Waals surface area (Å²) in [6, 6.07) is 0. The van der Waals surface area contributed by atoms with Crippen LogP contribution in [0.4, 0.5) is 0 Å². The van der Waals surface area contributed by atoms with Gasteiger partial charge in [0.2, 0.25) is 0 Å². The molecule has 0 radical (unpaired) electrons. The highest BCUT2D eigenvalue weighted by Crippen LogP contribution is 2.47. The fraction of sp³-hybridized carbons (Fsp3) is 0.417. The molecule has 1 heterocycles. The van der Waals surface area contributed by atoms with E-state index >= 15 is 0 Å². The van der Waals surface area contributed by atoms with E-state index in [1.165, 1.54) is 5.57 Å². The summed E-state index contributed by atoms with van der Waals surface area (Å²) in [5.74, 6) is 0.242. The molecular weight excluding hydrogens is 210 g/mol. The molecule has 0 fully saturated rings. The van der Waals surface area contributed by atoms with Crippen LogP contribution in [0.2, 0.25) is 0 Å². The molecule has 0 aromatic heterocycles. The van der Waals surface area contributed by atoms with Crippen LogP contribution in [-0.4, -0.2) is 17.9 Å². The highest BCUT2D eigenvalue weighted by molar-refractivity contribution is 5.89. The van der Waals surface area contributed by atoms with Crippen molar-refractivity contribution in [3.8, 4) is 0 Å². The van der Waals surface area contributed by atoms with Crippen molar-refractivity contribution in [3.05, 3.63) is 36.0 Å². The van der Waals surface area contributed by atoms with Gasteiger partial charge in [-0.1, -0.05) is 30.4 Å². The molecule has 0 aromatic carbocycles. The van der Waals surface area contributed by atoms with Gasteiger partial charge in [-0.15, -0.1) is 12.4 Å². The predicted molar refractivity (Wildman–Crippen MR) is 62.1 cm³/mol. The Kier molecular flexibility index (Phi) is 2.18. The minimum atomic E-state index is -0.334. The molecular formula is C12H14ClNO. The summed E-state index contributed by atoms with van der Waals surface area (Å²) in [6.45, 7) is 2.59. The van der Waals surface area contributed by atoms with E-state index in [0.29, 0.717) is 0 Å². The van der Waals surface area contributed by atoms with E-state index in [-0.39, 0.29) is 29.1 Å². The van der Waals surface area contributed by atoms with E-state index in [0.717, 1.165) is 13.0 Å². The van der Waals surface area contributed by atoms with E-state index in [1.54, 1.807) is 6.92 Å². The van der Waals surface area contributed by atoms with Gasteiger partial charge in [-0.25, -0.2) is 0 Å². The van der Waals surface area contributed by atoms with Crippen molar-refractivity contribution in [1.82, 2.24) is 5.32 Å². The number of hydrogen-bond acceptors (Lipinski definition) is 2. The molecule has 0 atom stereocenters. The summed E-state index contributed by atoms with van der Waals surface area (Å²) in [5, 5.41) is 3.44. The van der Waals surface area contributed by atoms with E-state index in [2.05, 4.69) is 35.7 Å². The van der Waals surface area contributed by atoms with Gasteiger partial charge in [0, 0.05) is 6.54 Å². The maximum absolute atomic E-state index is 11.6. The lowest BCUT2D eigenvalue weighted by molar-refractivity contribution is -0.122. The normalized spacial score (nSPS) is 39.7. The summed E-state index contributed by atoms with van der Waals surface area (Å²) < 4.78 is 0. The van der Waals surface area contributed by atoms with Crippen LogP contribution in [0.1, 0.15) is 13.3 Å². The molecule has 15 heavy (non-hydrogen) atoms. The fourth-order valence-corrected chi connectivity index (χ4v) is 2.64. The second kappa shape index (κ2) is 3.06. The zero-order valence-corrected chi connectivity index (χ0v) is 9.43. The molecule has 4 aliphatic rings. The van der Waals surface area contributed by atoms with Gasteiger partial charge < -0.3 is 0 Å². The number of ketones is 1. The largest absolute Gasteiger partial charge is 0.299 e. The highest BCUT2D eigenvalue weighted by atomic mass is 35.5. The monoisotopic (exact) mass is 223 g/mol. The number of nitrogens with one attached hydrogen (secondary N) is 1. The minimum Gasteiger partial charge on any atom is -0.299 e. The van der Waals surface area contributed by atoms with Gasteiger partial charge in [-0.3, -0.25) is 10.1 Å². The number of allylic oxidation sites excluding steroid dienone is 2. The minimum absolute atomic E-state index is 0. The van der Waals surface area contributed by atoms with Crippen LogP contribution >= 0.6 is 12.4 Å². The van der Waals surface area contributed by atoms with Crippen molar-refractivity contribution in [2.24, 2.45) is 5.41 Å². The molecule has 0 saturated heterocycles. The fourth-order valence-electron chi connectivity index (χ4n) is 2.64. The van der Waals surface area contributed by atoms with Gasteiger partial charge in [0.1, 0.15) is 5.78 Å². The lowest BCUT2D eigenvalue weighted by Crippen LogP contribution is -2.48. The maximum atomic E-state index is 11.6. The summed E-state index contributed by atoms with van der Waals surface area (Å²) >= 11 is 0. The molecule has 3 heteroatoms. The molecule has 2 nitrogen and oxygen atoms in total. The van der Waals surface area contributed by atoms with Gasteiger partial charge in [0.25, 0.3) is 0 Å². The van der Waals surface area contributed by atoms with Gasteiger partial charge >= 0.3 is 0 Å². The number of hydrogen-bond donors (Lipinski definition) is 1. The van der Waals surface area contributed by atoms with E-state index in [4.69, 9.17) is 0 Å². The second-order valence-electron chi connectivity index (χ2n) is 4.42. The Morgan fingerprint density at radius 1 is 1.33 bits per heavy atom. The van der Waals surface area contributed by atoms with E-state index in [1.807, 2.05) is 0 Å². The Morgan fingerprint density at radius 3 is 2.60 bits per heavy atom. The smallest absolute Gasteiger partial charge is 0.143 e. The lowest BCUT2D eigenvalue weighted by atomic mass is 9.63.